The van der Waals surface area contributed by atoms with Gasteiger partial charge in [-0.25, -0.2) is 4.79 Å². The highest BCUT2D eigenvalue weighted by Gasteiger charge is 2.43. The van der Waals surface area contributed by atoms with Gasteiger partial charge in [0.25, 0.3) is 0 Å². The molecule has 2 aliphatic heterocycles. The molecule has 2 heterocycles. The number of hydrogen-bond donors (Lipinski definition) is 3. The van der Waals surface area contributed by atoms with E-state index in [2.05, 4.69) is 87.6 Å². The second-order valence-corrected chi connectivity index (χ2v) is 14.5. The van der Waals surface area contributed by atoms with E-state index >= 15 is 0 Å². The van der Waals surface area contributed by atoms with Crippen LogP contribution in [0.2, 0.25) is 0 Å². The quantitative estimate of drug-likeness (QED) is 0.333. The van der Waals surface area contributed by atoms with E-state index in [1.165, 1.54) is 24.0 Å². The number of likely N-dealkylation sites (tertiary alicyclic amines) is 1. The summed E-state index contributed by atoms with van der Waals surface area (Å²) in [6.07, 6.45) is 4.24. The number of hydrogen-bond acceptors (Lipinski definition) is 5. The molecule has 2 aromatic rings. The highest BCUT2D eigenvalue weighted by molar-refractivity contribution is 5.69. The van der Waals surface area contributed by atoms with Gasteiger partial charge in [-0.2, -0.15) is 0 Å². The number of rotatable bonds is 8. The molecule has 228 valence electrons. The molecule has 0 saturated carbocycles. The summed E-state index contributed by atoms with van der Waals surface area (Å²) in [6, 6.07) is 21.1. The summed E-state index contributed by atoms with van der Waals surface area (Å²) in [6.45, 7) is 17.8. The van der Waals surface area contributed by atoms with Crippen LogP contribution in [0.15, 0.2) is 60.7 Å². The van der Waals surface area contributed by atoms with Crippen molar-refractivity contribution in [2.75, 3.05) is 26.2 Å². The molecule has 41 heavy (non-hydrogen) atoms. The number of amides is 1. The van der Waals surface area contributed by atoms with Gasteiger partial charge in [0.05, 0.1) is 0 Å². The first-order chi connectivity index (χ1) is 19.2. The maximum Gasteiger partial charge on any atom is 0.410 e. The van der Waals surface area contributed by atoms with E-state index in [0.29, 0.717) is 29.8 Å². The van der Waals surface area contributed by atoms with Crippen molar-refractivity contribution in [1.29, 1.82) is 0 Å². The van der Waals surface area contributed by atoms with Gasteiger partial charge in [-0.1, -0.05) is 60.7 Å². The fourth-order valence-electron chi connectivity index (χ4n) is 6.63. The van der Waals surface area contributed by atoms with Crippen LogP contribution < -0.4 is 16.8 Å². The maximum atomic E-state index is 12.5. The predicted octanol–water partition coefficient (Wildman–Crippen LogP) is 6.66. The number of nitrogens with zero attached hydrogens (tertiary/aromatic N) is 1. The smallest absolute Gasteiger partial charge is 0.410 e. The molecule has 1 amide bonds. The third-order valence-corrected chi connectivity index (χ3v) is 8.59. The van der Waals surface area contributed by atoms with Gasteiger partial charge < -0.3 is 26.4 Å². The molecule has 2 fully saturated rings. The summed E-state index contributed by atoms with van der Waals surface area (Å²) in [5, 5.41) is 3.59. The number of nitrogens with one attached hydrogen (secondary N) is 1. The molecular formula is C35H56N4O2. The van der Waals surface area contributed by atoms with Gasteiger partial charge in [0.2, 0.25) is 0 Å². The van der Waals surface area contributed by atoms with Crippen molar-refractivity contribution in [3.63, 3.8) is 0 Å². The van der Waals surface area contributed by atoms with Gasteiger partial charge in [-0.3, -0.25) is 0 Å². The summed E-state index contributed by atoms with van der Waals surface area (Å²) in [5.41, 5.74) is 14.3. The lowest BCUT2D eigenvalue weighted by Gasteiger charge is -2.33. The molecule has 0 aliphatic carbocycles. The van der Waals surface area contributed by atoms with Crippen LogP contribution in [-0.2, 0) is 4.74 Å². The molecule has 0 aromatic heterocycles. The highest BCUT2D eigenvalue weighted by Crippen LogP contribution is 2.38. The van der Waals surface area contributed by atoms with Gasteiger partial charge >= 0.3 is 6.09 Å². The van der Waals surface area contributed by atoms with Gasteiger partial charge in [0, 0.05) is 17.6 Å². The Bertz CT molecular complexity index is 1060. The number of carbonyl (C=O) groups is 1. The van der Waals surface area contributed by atoms with Crippen LogP contribution in [0.4, 0.5) is 4.79 Å². The van der Waals surface area contributed by atoms with Crippen molar-refractivity contribution in [2.45, 2.75) is 103 Å². The van der Waals surface area contributed by atoms with Gasteiger partial charge in [0.1, 0.15) is 5.60 Å². The minimum atomic E-state index is -0.463. The topological polar surface area (TPSA) is 93.6 Å². The third-order valence-electron chi connectivity index (χ3n) is 8.59. The van der Waals surface area contributed by atoms with E-state index in [4.69, 9.17) is 16.2 Å². The van der Waals surface area contributed by atoms with Gasteiger partial charge in [-0.15, -0.1) is 0 Å². The Labute approximate surface area is 249 Å². The van der Waals surface area contributed by atoms with Crippen molar-refractivity contribution < 1.29 is 9.53 Å². The first kappa shape index (κ1) is 33.1. The molecule has 6 nitrogen and oxygen atoms in total. The maximum absolute atomic E-state index is 12.5. The zero-order chi connectivity index (χ0) is 30.3. The lowest BCUT2D eigenvalue weighted by atomic mass is 9.85. The van der Waals surface area contributed by atoms with Crippen molar-refractivity contribution in [3.05, 3.63) is 71.8 Å². The van der Waals surface area contributed by atoms with E-state index in [9.17, 15) is 4.79 Å². The van der Waals surface area contributed by atoms with Crippen molar-refractivity contribution in [3.8, 4) is 0 Å². The number of nitrogens with two attached hydrogens (primary N) is 2. The molecule has 2 saturated heterocycles. The summed E-state index contributed by atoms with van der Waals surface area (Å²) >= 11 is 0. The summed E-state index contributed by atoms with van der Waals surface area (Å²) in [4.78, 5) is 14.4. The lowest BCUT2D eigenvalue weighted by Crippen LogP contribution is -2.45. The Morgan fingerprint density at radius 3 is 1.78 bits per heavy atom. The largest absolute Gasteiger partial charge is 0.444 e. The Kier molecular flexibility index (Phi) is 11.4. The minimum absolute atomic E-state index is 0.178. The van der Waals surface area contributed by atoms with Crippen LogP contribution in [0.1, 0.15) is 97.1 Å². The first-order valence-electron chi connectivity index (χ1n) is 15.5. The molecule has 0 radical (unpaired) electrons. The normalized spacial score (nSPS) is 22.9. The average molecular weight is 565 g/mol. The number of benzene rings is 2. The van der Waals surface area contributed by atoms with Crippen LogP contribution in [0.5, 0.6) is 0 Å². The van der Waals surface area contributed by atoms with Crippen LogP contribution in [0.25, 0.3) is 0 Å². The number of carbonyl (C=O) groups excluding carboxylic acids is 1. The molecular weight excluding hydrogens is 508 g/mol. The van der Waals surface area contributed by atoms with E-state index in [1.807, 2.05) is 31.7 Å². The number of ether oxygens (including phenoxy) is 1. The van der Waals surface area contributed by atoms with Gasteiger partial charge in [0.15, 0.2) is 0 Å². The standard InChI is InChI=1S/C20H32N2O2.C15H24N2/c1-19(2,3)24-18(23)22-14-15(12-20(22,4)5)11-17(13-21)16-9-7-6-8-10-16;1-15(2)9-12(11-17-15)8-14(10-16)13-6-4-3-5-7-13/h6-10,15,17H,11-14,21H2,1-5H3;3-7,12,14,17H,8-11,16H2,1-2H3. The molecule has 2 aliphatic rings. The minimum Gasteiger partial charge on any atom is -0.444 e. The van der Waals surface area contributed by atoms with Crippen LogP contribution >= 0.6 is 0 Å². The van der Waals surface area contributed by atoms with E-state index in [1.54, 1.807) is 0 Å². The predicted molar refractivity (Wildman–Crippen MR) is 171 cm³/mol. The second-order valence-electron chi connectivity index (χ2n) is 14.5. The summed E-state index contributed by atoms with van der Waals surface area (Å²) in [5.74, 6) is 2.06. The second kappa shape index (κ2) is 14.2. The molecule has 4 rings (SSSR count). The molecule has 4 atom stereocenters. The molecule has 2 aromatic carbocycles. The zero-order valence-corrected chi connectivity index (χ0v) is 26.7. The molecule has 0 bridgehead atoms. The van der Waals surface area contributed by atoms with Crippen LogP contribution in [0.3, 0.4) is 0 Å². The fraction of sp³-hybridized carbons (Fsp3) is 0.629. The Hall–Kier alpha value is -2.41. The van der Waals surface area contributed by atoms with Crippen LogP contribution in [-0.4, -0.2) is 53.9 Å². The molecule has 0 spiro atoms. The van der Waals surface area contributed by atoms with Crippen molar-refractivity contribution in [1.82, 2.24) is 10.2 Å². The van der Waals surface area contributed by atoms with Crippen molar-refractivity contribution >= 4 is 6.09 Å². The molecule has 4 unspecified atom stereocenters. The first-order valence-corrected chi connectivity index (χ1v) is 15.5. The van der Waals surface area contributed by atoms with Crippen molar-refractivity contribution in [2.24, 2.45) is 23.3 Å². The molecule has 6 heteroatoms. The Balaban J connectivity index is 0.000000239. The zero-order valence-electron chi connectivity index (χ0n) is 26.7. The summed E-state index contributed by atoms with van der Waals surface area (Å²) < 4.78 is 5.58. The Morgan fingerprint density at radius 1 is 0.878 bits per heavy atom. The lowest BCUT2D eigenvalue weighted by molar-refractivity contribution is 0.0130. The average Bonchev–Trinajstić information content (AvgIpc) is 3.42. The third kappa shape index (κ3) is 10.1. The SMILES string of the molecule is CC(C)(C)OC(=O)N1CC(CC(CN)c2ccccc2)CC1(C)C.CC1(C)CC(CC(CN)c2ccccc2)CN1. The van der Waals surface area contributed by atoms with Crippen LogP contribution in [0, 0.1) is 11.8 Å². The Morgan fingerprint density at radius 2 is 1.37 bits per heavy atom. The van der Waals surface area contributed by atoms with E-state index in [0.717, 1.165) is 38.4 Å². The summed E-state index contributed by atoms with van der Waals surface area (Å²) in [7, 11) is 0. The van der Waals surface area contributed by atoms with E-state index in [-0.39, 0.29) is 11.6 Å². The fourth-order valence-corrected chi connectivity index (χ4v) is 6.63. The van der Waals surface area contributed by atoms with E-state index < -0.39 is 5.60 Å². The molecule has 5 N–H and O–H groups in total. The monoisotopic (exact) mass is 564 g/mol. The highest BCUT2D eigenvalue weighted by atomic mass is 16.6. The van der Waals surface area contributed by atoms with Gasteiger partial charge in [-0.05, 0) is 129 Å².